The van der Waals surface area contributed by atoms with Gasteiger partial charge in [0.25, 0.3) is 6.64 Å². The van der Waals surface area contributed by atoms with E-state index in [1.165, 1.54) is 23.7 Å². The average Bonchev–Trinajstić information content (AvgIpc) is 2.48. The van der Waals surface area contributed by atoms with Gasteiger partial charge >= 0.3 is 6.09 Å². The molecule has 0 aromatic rings. The van der Waals surface area contributed by atoms with Gasteiger partial charge in [-0.25, -0.2) is 4.79 Å². The topological polar surface area (TPSA) is 72.4 Å². The highest BCUT2D eigenvalue weighted by Gasteiger charge is 2.31. The third kappa shape index (κ3) is 9.28. The summed E-state index contributed by atoms with van der Waals surface area (Å²) < 4.78 is 13.3. The number of rotatable bonds is 10. The Morgan fingerprint density at radius 1 is 1.35 bits per heavy atom. The van der Waals surface area contributed by atoms with Gasteiger partial charge < -0.3 is 14.4 Å². The molecule has 0 atom stereocenters. The Labute approximate surface area is 152 Å². The number of carbonyl (C=O) groups excluding carboxylic acids is 1. The molecular weight excluding hydrogens is 377 g/mol. The van der Waals surface area contributed by atoms with Gasteiger partial charge in [-0.1, -0.05) is 5.16 Å². The second kappa shape index (κ2) is 12.5. The minimum absolute atomic E-state index is 0.0958. The average molecular weight is 404 g/mol. The molecule has 0 aliphatic carbocycles. The van der Waals surface area contributed by atoms with E-state index in [1.807, 2.05) is 38.0 Å². The number of hydrogen-bond donors (Lipinski definition) is 1. The molecule has 23 heavy (non-hydrogen) atoms. The van der Waals surface area contributed by atoms with Crippen LogP contribution in [-0.4, -0.2) is 46.6 Å². The van der Waals surface area contributed by atoms with Crippen molar-refractivity contribution in [1.29, 1.82) is 0 Å². The Kier molecular flexibility index (Phi) is 12.6. The molecule has 0 bridgehead atoms. The summed E-state index contributed by atoms with van der Waals surface area (Å²) >= 11 is 8.33. The van der Waals surface area contributed by atoms with Crippen LogP contribution in [0, 0.1) is 0 Å². The molecule has 0 aromatic heterocycles. The van der Waals surface area contributed by atoms with E-state index in [2.05, 4.69) is 10.5 Å². The molecule has 0 saturated heterocycles. The Morgan fingerprint density at radius 3 is 2.35 bits per heavy atom. The monoisotopic (exact) mass is 403 g/mol. The Morgan fingerprint density at radius 2 is 1.91 bits per heavy atom. The van der Waals surface area contributed by atoms with Gasteiger partial charge in [0.05, 0.1) is 19.1 Å². The van der Waals surface area contributed by atoms with Crippen LogP contribution in [0.5, 0.6) is 0 Å². The highest BCUT2D eigenvalue weighted by atomic mass is 32.5. The molecule has 1 amide bonds. The number of thioether (sulfide) groups is 1. The number of nitrogens with one attached hydrogen (secondary N) is 1. The van der Waals surface area contributed by atoms with Crippen LogP contribution in [0.3, 0.4) is 0 Å². The van der Waals surface area contributed by atoms with Gasteiger partial charge in [0.15, 0.2) is 0 Å². The van der Waals surface area contributed by atoms with Gasteiger partial charge in [-0.05, 0) is 64.6 Å². The maximum Gasteiger partial charge on any atom is 0.434 e. The smallest absolute Gasteiger partial charge is 0.318 e. The molecule has 0 aromatic carbocycles. The van der Waals surface area contributed by atoms with Crippen molar-refractivity contribution < 1.29 is 18.7 Å². The predicted molar refractivity (Wildman–Crippen MR) is 103 cm³/mol. The molecular formula is C12H26N3O4PS3. The maximum atomic E-state index is 11.6. The number of nitrogens with zero attached hydrogens (tertiary/aromatic N) is 2. The van der Waals surface area contributed by atoms with Gasteiger partial charge in [-0.2, -0.15) is 4.08 Å². The fraction of sp³-hybridized carbons (Fsp3) is 0.833. The second-order valence-electron chi connectivity index (χ2n) is 4.34. The zero-order chi connectivity index (χ0) is 17.9. The van der Waals surface area contributed by atoms with Crippen molar-refractivity contribution in [3.8, 4) is 0 Å². The zero-order valence-corrected chi connectivity index (χ0v) is 17.7. The normalized spacial score (nSPS) is 12.8. The van der Waals surface area contributed by atoms with E-state index in [-0.39, 0.29) is 11.9 Å². The minimum atomic E-state index is -2.57. The first-order chi connectivity index (χ1) is 10.8. The molecule has 0 rings (SSSR count). The Bertz CT molecular complexity index is 428. The quantitative estimate of drug-likeness (QED) is 0.112. The van der Waals surface area contributed by atoms with Crippen molar-refractivity contribution in [2.45, 2.75) is 40.7 Å². The lowest BCUT2D eigenvalue weighted by molar-refractivity contribution is 0.153. The van der Waals surface area contributed by atoms with E-state index in [9.17, 15) is 4.79 Å². The van der Waals surface area contributed by atoms with Crippen LogP contribution in [0.1, 0.15) is 34.6 Å². The number of oxime groups is 1. The standard InChI is InChI=1S/C12H26N3O4PS3/c1-7-17-20(21,18-8-2)15(10(3)4)23-9-13-12(16)19-14-11(5)22-6/h10H,7-9H2,1-6H3,(H,13,16). The summed E-state index contributed by atoms with van der Waals surface area (Å²) in [5.41, 5.74) is 0. The maximum absolute atomic E-state index is 11.6. The van der Waals surface area contributed by atoms with Gasteiger partial charge in [0.2, 0.25) is 0 Å². The molecule has 7 nitrogen and oxygen atoms in total. The molecule has 0 aliphatic rings. The second-order valence-corrected chi connectivity index (χ2v) is 9.82. The summed E-state index contributed by atoms with van der Waals surface area (Å²) in [6.45, 7) is 7.88. The lowest BCUT2D eigenvalue weighted by Gasteiger charge is -2.34. The van der Waals surface area contributed by atoms with Crippen LogP contribution < -0.4 is 5.32 Å². The summed E-state index contributed by atoms with van der Waals surface area (Å²) in [6.07, 6.45) is 1.24. The van der Waals surface area contributed by atoms with Crippen LogP contribution in [0.4, 0.5) is 4.79 Å². The lowest BCUT2D eigenvalue weighted by Crippen LogP contribution is -2.29. The Hall–Kier alpha value is 0.170. The minimum Gasteiger partial charge on any atom is -0.318 e. The molecule has 136 valence electrons. The molecule has 1 N–H and O–H groups in total. The number of carbonyl (C=O) groups is 1. The first kappa shape index (κ1) is 23.2. The van der Waals surface area contributed by atoms with Crippen LogP contribution in [0.25, 0.3) is 0 Å². The van der Waals surface area contributed by atoms with E-state index in [0.717, 1.165) is 0 Å². The van der Waals surface area contributed by atoms with Crippen molar-refractivity contribution in [3.63, 3.8) is 0 Å². The summed E-state index contributed by atoms with van der Waals surface area (Å²) in [7, 11) is 0. The van der Waals surface area contributed by atoms with Crippen molar-refractivity contribution >= 4 is 53.3 Å². The molecule has 0 heterocycles. The first-order valence-electron chi connectivity index (χ1n) is 7.15. The zero-order valence-electron chi connectivity index (χ0n) is 14.4. The van der Waals surface area contributed by atoms with Crippen LogP contribution in [-0.2, 0) is 25.7 Å². The van der Waals surface area contributed by atoms with Gasteiger partial charge in [0.1, 0.15) is 5.04 Å². The molecule has 0 saturated carbocycles. The molecule has 0 spiro atoms. The van der Waals surface area contributed by atoms with Gasteiger partial charge in [0, 0.05) is 6.04 Å². The highest BCUT2D eigenvalue weighted by Crippen LogP contribution is 2.56. The predicted octanol–water partition coefficient (Wildman–Crippen LogP) is 4.02. The third-order valence-corrected chi connectivity index (χ3v) is 8.43. The summed E-state index contributed by atoms with van der Waals surface area (Å²) in [5.74, 6) is 0.281. The van der Waals surface area contributed by atoms with Crippen molar-refractivity contribution in [1.82, 2.24) is 9.39 Å². The lowest BCUT2D eigenvalue weighted by atomic mass is 10.4. The van der Waals surface area contributed by atoms with Gasteiger partial charge in [-0.15, -0.1) is 11.8 Å². The highest BCUT2D eigenvalue weighted by molar-refractivity contribution is 8.15. The molecule has 0 radical (unpaired) electrons. The SMILES string of the molecule is CCOP(=S)(OCC)N(SCNC(=O)ON=C(C)SC)C(C)C. The van der Waals surface area contributed by atoms with E-state index in [1.54, 1.807) is 6.92 Å². The van der Waals surface area contributed by atoms with E-state index in [4.69, 9.17) is 25.7 Å². The summed E-state index contributed by atoms with van der Waals surface area (Å²) in [5, 5.41) is 6.94. The first-order valence-corrected chi connectivity index (χ1v) is 11.9. The summed E-state index contributed by atoms with van der Waals surface area (Å²) in [6, 6.07) is 0.0958. The fourth-order valence-corrected chi connectivity index (χ4v) is 6.20. The van der Waals surface area contributed by atoms with Crippen LogP contribution >= 0.6 is 30.4 Å². The van der Waals surface area contributed by atoms with Crippen LogP contribution in [0.15, 0.2) is 5.16 Å². The third-order valence-electron chi connectivity index (χ3n) is 2.23. The van der Waals surface area contributed by atoms with Crippen molar-refractivity contribution in [2.75, 3.05) is 25.3 Å². The number of amides is 1. The molecule has 0 fully saturated rings. The largest absolute Gasteiger partial charge is 0.434 e. The molecule has 0 unspecified atom stereocenters. The number of hydrogen-bond acceptors (Lipinski definition) is 8. The van der Waals surface area contributed by atoms with Crippen LogP contribution in [0.2, 0.25) is 0 Å². The van der Waals surface area contributed by atoms with Gasteiger partial charge in [-0.3, -0.25) is 4.84 Å². The molecule has 0 aliphatic heterocycles. The molecule has 11 heteroatoms. The summed E-state index contributed by atoms with van der Waals surface area (Å²) in [4.78, 5) is 16.3. The van der Waals surface area contributed by atoms with E-state index < -0.39 is 12.7 Å². The van der Waals surface area contributed by atoms with Crippen molar-refractivity contribution in [3.05, 3.63) is 0 Å². The van der Waals surface area contributed by atoms with E-state index >= 15 is 0 Å². The Balaban J connectivity index is 4.60. The fourth-order valence-electron chi connectivity index (χ4n) is 1.31. The van der Waals surface area contributed by atoms with Crippen molar-refractivity contribution in [2.24, 2.45) is 5.16 Å². The van der Waals surface area contributed by atoms with E-state index in [0.29, 0.717) is 18.3 Å².